The zero-order valence-corrected chi connectivity index (χ0v) is 15.7. The summed E-state index contributed by atoms with van der Waals surface area (Å²) in [5.74, 6) is -0.202. The summed E-state index contributed by atoms with van der Waals surface area (Å²) in [6.45, 7) is 6.90. The van der Waals surface area contributed by atoms with Gasteiger partial charge in [0, 0.05) is 24.0 Å². The highest BCUT2D eigenvalue weighted by Gasteiger charge is 2.14. The molecule has 26 heavy (non-hydrogen) atoms. The van der Waals surface area contributed by atoms with Crippen LogP contribution in [0.3, 0.4) is 0 Å². The van der Waals surface area contributed by atoms with Crippen molar-refractivity contribution in [2.24, 2.45) is 0 Å². The van der Waals surface area contributed by atoms with Gasteiger partial charge in [-0.3, -0.25) is 14.6 Å². The van der Waals surface area contributed by atoms with E-state index in [1.807, 2.05) is 24.3 Å². The number of pyridine rings is 1. The maximum Gasteiger partial charge on any atom is 0.269 e. The predicted octanol–water partition coefficient (Wildman–Crippen LogP) is 4.38. The smallest absolute Gasteiger partial charge is 0.269 e. The molecule has 0 bridgehead atoms. The van der Waals surface area contributed by atoms with Crippen LogP contribution in [-0.4, -0.2) is 23.3 Å². The van der Waals surface area contributed by atoms with Gasteiger partial charge in [-0.05, 0) is 36.1 Å². The van der Waals surface area contributed by atoms with Crippen molar-refractivity contribution in [3.63, 3.8) is 0 Å². The van der Waals surface area contributed by atoms with Crippen LogP contribution < -0.4 is 10.6 Å². The molecule has 0 spiro atoms. The molecule has 0 fully saturated rings. The quantitative estimate of drug-likeness (QED) is 0.692. The van der Waals surface area contributed by atoms with Crippen LogP contribution in [-0.2, 0) is 0 Å². The Morgan fingerprint density at radius 1 is 1.08 bits per heavy atom. The van der Waals surface area contributed by atoms with E-state index < -0.39 is 0 Å². The fourth-order valence-electron chi connectivity index (χ4n) is 2.67. The zero-order valence-electron chi connectivity index (χ0n) is 15.7. The highest BCUT2D eigenvalue weighted by molar-refractivity contribution is 6.06. The minimum Gasteiger partial charge on any atom is -0.351 e. The molecule has 0 saturated carbocycles. The van der Waals surface area contributed by atoms with E-state index in [1.54, 1.807) is 6.07 Å². The number of nitrogens with one attached hydrogen (secondary N) is 2. The summed E-state index contributed by atoms with van der Waals surface area (Å²) >= 11 is 0. The van der Waals surface area contributed by atoms with E-state index in [-0.39, 0.29) is 17.5 Å². The number of hydrogen-bond acceptors (Lipinski definition) is 3. The van der Waals surface area contributed by atoms with Gasteiger partial charge in [0.05, 0.1) is 0 Å². The van der Waals surface area contributed by atoms with E-state index in [0.29, 0.717) is 18.0 Å². The summed E-state index contributed by atoms with van der Waals surface area (Å²) in [4.78, 5) is 28.9. The van der Waals surface area contributed by atoms with Crippen LogP contribution in [0.4, 0.5) is 5.69 Å². The number of nitrogens with zero attached hydrogens (tertiary/aromatic N) is 1. The van der Waals surface area contributed by atoms with Gasteiger partial charge in [0.25, 0.3) is 11.8 Å². The van der Waals surface area contributed by atoms with Crippen molar-refractivity contribution in [3.8, 4) is 0 Å². The molecule has 0 unspecified atom stereocenters. The van der Waals surface area contributed by atoms with Gasteiger partial charge >= 0.3 is 0 Å². The van der Waals surface area contributed by atoms with Gasteiger partial charge in [-0.25, -0.2) is 0 Å². The average Bonchev–Trinajstić information content (AvgIpc) is 2.65. The van der Waals surface area contributed by atoms with Crippen molar-refractivity contribution >= 4 is 17.5 Å². The zero-order chi connectivity index (χ0) is 18.9. The summed E-state index contributed by atoms with van der Waals surface area (Å²) in [5.41, 5.74) is 2.53. The Morgan fingerprint density at radius 3 is 2.58 bits per heavy atom. The lowest BCUT2D eigenvalue weighted by Crippen LogP contribution is -2.26. The van der Waals surface area contributed by atoms with Crippen molar-refractivity contribution < 1.29 is 9.59 Å². The first kappa shape index (κ1) is 19.6. The van der Waals surface area contributed by atoms with Gasteiger partial charge in [0.15, 0.2) is 0 Å². The van der Waals surface area contributed by atoms with Crippen LogP contribution in [0, 0.1) is 0 Å². The summed E-state index contributed by atoms with van der Waals surface area (Å²) in [7, 11) is 0. The molecule has 0 aliphatic heterocycles. The molecule has 138 valence electrons. The third-order valence-electron chi connectivity index (χ3n) is 4.15. The van der Waals surface area contributed by atoms with Gasteiger partial charge in [-0.15, -0.1) is 0 Å². The van der Waals surface area contributed by atoms with Gasteiger partial charge in [-0.2, -0.15) is 0 Å². The van der Waals surface area contributed by atoms with E-state index in [0.717, 1.165) is 30.5 Å². The molecular weight excluding hydrogens is 326 g/mol. The van der Waals surface area contributed by atoms with Gasteiger partial charge in [0.2, 0.25) is 0 Å². The molecule has 0 aliphatic carbocycles. The Kier molecular flexibility index (Phi) is 7.33. The van der Waals surface area contributed by atoms with E-state index in [9.17, 15) is 9.59 Å². The fourth-order valence-corrected chi connectivity index (χ4v) is 2.67. The molecule has 2 amide bonds. The maximum atomic E-state index is 12.6. The summed E-state index contributed by atoms with van der Waals surface area (Å²) < 4.78 is 0. The first-order valence-corrected chi connectivity index (χ1v) is 9.17. The normalized spacial score (nSPS) is 10.6. The number of unbranched alkanes of at least 4 members (excludes halogenated alkanes) is 2. The van der Waals surface area contributed by atoms with E-state index in [2.05, 4.69) is 36.4 Å². The first-order chi connectivity index (χ1) is 12.5. The van der Waals surface area contributed by atoms with Crippen molar-refractivity contribution in [2.45, 2.75) is 46.0 Å². The van der Waals surface area contributed by atoms with Crippen LogP contribution in [0.15, 0.2) is 42.6 Å². The third kappa shape index (κ3) is 5.41. The molecule has 0 saturated heterocycles. The molecule has 2 aromatic rings. The van der Waals surface area contributed by atoms with Crippen molar-refractivity contribution in [1.29, 1.82) is 0 Å². The molecule has 0 atom stereocenters. The number of aromatic nitrogens is 1. The van der Waals surface area contributed by atoms with Crippen molar-refractivity contribution in [2.75, 3.05) is 11.9 Å². The number of hydrogen-bond donors (Lipinski definition) is 2. The lowest BCUT2D eigenvalue weighted by Gasteiger charge is -2.13. The van der Waals surface area contributed by atoms with Crippen LogP contribution >= 0.6 is 0 Å². The number of rotatable bonds is 8. The van der Waals surface area contributed by atoms with E-state index in [1.165, 1.54) is 12.3 Å². The minimum atomic E-state index is -0.252. The summed E-state index contributed by atoms with van der Waals surface area (Å²) in [6, 6.07) is 10.9. The molecule has 5 heteroatoms. The fraction of sp³-hybridized carbons (Fsp3) is 0.381. The average molecular weight is 353 g/mol. The van der Waals surface area contributed by atoms with Crippen LogP contribution in [0.2, 0.25) is 0 Å². The Bertz CT molecular complexity index is 756. The molecule has 1 heterocycles. The van der Waals surface area contributed by atoms with Gasteiger partial charge < -0.3 is 10.6 Å². The second-order valence-electron chi connectivity index (χ2n) is 6.59. The molecule has 0 radical (unpaired) electrons. The minimum absolute atomic E-state index is 0.250. The van der Waals surface area contributed by atoms with Gasteiger partial charge in [-0.1, -0.05) is 51.8 Å². The standard InChI is InChI=1S/C21H27N3O2/c1-4-5-8-12-23-21(26)19-14-16(11-13-22-19)20(25)24-18-10-7-6-9-17(18)15(2)3/h6-7,9-11,13-15H,4-5,8,12H2,1-3H3,(H,23,26)(H,24,25). The molecule has 1 aromatic heterocycles. The first-order valence-electron chi connectivity index (χ1n) is 9.17. The predicted molar refractivity (Wildman–Crippen MR) is 105 cm³/mol. The molecule has 5 nitrogen and oxygen atoms in total. The van der Waals surface area contributed by atoms with Crippen molar-refractivity contribution in [3.05, 3.63) is 59.4 Å². The second-order valence-corrected chi connectivity index (χ2v) is 6.59. The molecule has 2 N–H and O–H groups in total. The number of para-hydroxylation sites is 1. The van der Waals surface area contributed by atoms with E-state index >= 15 is 0 Å². The number of carbonyl (C=O) groups excluding carboxylic acids is 2. The van der Waals surface area contributed by atoms with Gasteiger partial charge in [0.1, 0.15) is 5.69 Å². The highest BCUT2D eigenvalue weighted by atomic mass is 16.2. The third-order valence-corrected chi connectivity index (χ3v) is 4.15. The highest BCUT2D eigenvalue weighted by Crippen LogP contribution is 2.24. The molecule has 1 aromatic carbocycles. The van der Waals surface area contributed by atoms with Crippen LogP contribution in [0.25, 0.3) is 0 Å². The number of carbonyl (C=O) groups is 2. The Hall–Kier alpha value is -2.69. The summed E-state index contributed by atoms with van der Waals surface area (Å²) in [5, 5.41) is 5.78. The molecule has 0 aliphatic rings. The second kappa shape index (κ2) is 9.70. The summed E-state index contributed by atoms with van der Waals surface area (Å²) in [6.07, 6.45) is 4.60. The number of amides is 2. The maximum absolute atomic E-state index is 12.6. The van der Waals surface area contributed by atoms with Crippen LogP contribution in [0.5, 0.6) is 0 Å². The lowest BCUT2D eigenvalue weighted by molar-refractivity contribution is 0.0948. The number of anilines is 1. The molecular formula is C21H27N3O2. The molecule has 2 rings (SSSR count). The topological polar surface area (TPSA) is 71.1 Å². The monoisotopic (exact) mass is 353 g/mol. The van der Waals surface area contributed by atoms with Crippen LogP contribution in [0.1, 0.15) is 72.4 Å². The van der Waals surface area contributed by atoms with Crippen molar-refractivity contribution in [1.82, 2.24) is 10.3 Å². The largest absolute Gasteiger partial charge is 0.351 e. The Labute approximate surface area is 155 Å². The lowest BCUT2D eigenvalue weighted by atomic mass is 10.0. The van der Waals surface area contributed by atoms with E-state index in [4.69, 9.17) is 0 Å². The number of benzene rings is 1. The Morgan fingerprint density at radius 2 is 1.85 bits per heavy atom. The Balaban J connectivity index is 2.07. The SMILES string of the molecule is CCCCCNC(=O)c1cc(C(=O)Nc2ccccc2C(C)C)ccn1.